The minimum absolute atomic E-state index is 0.149. The molecule has 2 rings (SSSR count). The molecule has 0 atom stereocenters. The van der Waals surface area contributed by atoms with Crippen molar-refractivity contribution in [1.29, 1.82) is 0 Å². The van der Waals surface area contributed by atoms with Crippen molar-refractivity contribution in [2.75, 3.05) is 6.54 Å². The minimum Gasteiger partial charge on any atom is -0.330 e. The highest BCUT2D eigenvalue weighted by molar-refractivity contribution is 5.26. The summed E-state index contributed by atoms with van der Waals surface area (Å²) in [5.41, 5.74) is 8.97. The van der Waals surface area contributed by atoms with Gasteiger partial charge in [0.2, 0.25) is 0 Å². The molecule has 1 fully saturated rings. The van der Waals surface area contributed by atoms with Gasteiger partial charge in [-0.05, 0) is 36.8 Å². The summed E-state index contributed by atoms with van der Waals surface area (Å²) in [6, 6.07) is 0. The number of nitrogens with two attached hydrogens (primary N) is 1. The fourth-order valence-corrected chi connectivity index (χ4v) is 2.13. The Morgan fingerprint density at radius 3 is 2.60 bits per heavy atom. The van der Waals surface area contributed by atoms with Crippen molar-refractivity contribution in [1.82, 2.24) is 10.2 Å². The van der Waals surface area contributed by atoms with E-state index in [2.05, 4.69) is 31.0 Å². The van der Waals surface area contributed by atoms with E-state index in [-0.39, 0.29) is 5.41 Å². The summed E-state index contributed by atoms with van der Waals surface area (Å²) in [5, 5.41) is 7.30. The third-order valence-electron chi connectivity index (χ3n) is 3.42. The molecule has 0 aromatic carbocycles. The molecule has 1 aliphatic carbocycles. The van der Waals surface area contributed by atoms with Gasteiger partial charge in [0.1, 0.15) is 0 Å². The fourth-order valence-electron chi connectivity index (χ4n) is 2.13. The molecular weight excluding hydrogens is 186 g/mol. The van der Waals surface area contributed by atoms with Gasteiger partial charge in [0.25, 0.3) is 0 Å². The Morgan fingerprint density at radius 1 is 1.47 bits per heavy atom. The normalized spacial score (nSPS) is 19.2. The number of nitrogens with one attached hydrogen (secondary N) is 1. The second kappa shape index (κ2) is 3.34. The van der Waals surface area contributed by atoms with Crippen LogP contribution >= 0.6 is 0 Å². The van der Waals surface area contributed by atoms with E-state index in [1.165, 1.54) is 24.1 Å². The highest BCUT2D eigenvalue weighted by atomic mass is 15.1. The number of rotatable bonds is 3. The summed E-state index contributed by atoms with van der Waals surface area (Å²) in [6.07, 6.45) is 5.61. The van der Waals surface area contributed by atoms with E-state index in [0.717, 1.165) is 13.0 Å². The van der Waals surface area contributed by atoms with Crippen LogP contribution in [0.5, 0.6) is 0 Å². The lowest BCUT2D eigenvalue weighted by atomic mass is 9.86. The molecule has 1 saturated carbocycles. The van der Waals surface area contributed by atoms with Crippen molar-refractivity contribution >= 4 is 0 Å². The smallest absolute Gasteiger partial charge is 0.0522 e. The van der Waals surface area contributed by atoms with Gasteiger partial charge in [0, 0.05) is 11.1 Å². The van der Waals surface area contributed by atoms with E-state index < -0.39 is 0 Å². The molecule has 0 amide bonds. The summed E-state index contributed by atoms with van der Waals surface area (Å²) in [7, 11) is 0. The maximum Gasteiger partial charge on any atom is 0.0522 e. The van der Waals surface area contributed by atoms with E-state index >= 15 is 0 Å². The third-order valence-corrected chi connectivity index (χ3v) is 3.42. The molecule has 0 aliphatic heterocycles. The van der Waals surface area contributed by atoms with Gasteiger partial charge in [0.05, 0.1) is 6.20 Å². The molecule has 15 heavy (non-hydrogen) atoms. The monoisotopic (exact) mass is 207 g/mol. The van der Waals surface area contributed by atoms with E-state index in [9.17, 15) is 0 Å². The van der Waals surface area contributed by atoms with Gasteiger partial charge in [-0.2, -0.15) is 5.10 Å². The van der Waals surface area contributed by atoms with Crippen LogP contribution in [0.1, 0.15) is 44.9 Å². The van der Waals surface area contributed by atoms with Gasteiger partial charge in [-0.1, -0.05) is 20.8 Å². The first kappa shape index (κ1) is 10.7. The first-order chi connectivity index (χ1) is 6.97. The number of hydrogen-bond donors (Lipinski definition) is 2. The molecular formula is C12H21N3. The Bertz CT molecular complexity index is 342. The average molecular weight is 207 g/mol. The summed E-state index contributed by atoms with van der Waals surface area (Å²) < 4.78 is 0. The number of aromatic nitrogens is 2. The van der Waals surface area contributed by atoms with Gasteiger partial charge in [0.15, 0.2) is 0 Å². The second-order valence-corrected chi connectivity index (χ2v) is 5.90. The predicted molar refractivity (Wildman–Crippen MR) is 61.7 cm³/mol. The van der Waals surface area contributed by atoms with Crippen LogP contribution in [0.25, 0.3) is 0 Å². The van der Waals surface area contributed by atoms with Gasteiger partial charge in [-0.25, -0.2) is 0 Å². The molecule has 0 spiro atoms. The lowest BCUT2D eigenvalue weighted by Crippen LogP contribution is -2.21. The van der Waals surface area contributed by atoms with Gasteiger partial charge in [-0.3, -0.25) is 5.10 Å². The summed E-state index contributed by atoms with van der Waals surface area (Å²) in [4.78, 5) is 0. The zero-order chi connectivity index (χ0) is 11.1. The molecule has 1 heterocycles. The fraction of sp³-hybridized carbons (Fsp3) is 0.750. The van der Waals surface area contributed by atoms with Crippen LogP contribution in [0.15, 0.2) is 6.20 Å². The van der Waals surface area contributed by atoms with Gasteiger partial charge < -0.3 is 5.73 Å². The summed E-state index contributed by atoms with van der Waals surface area (Å²) in [6.45, 7) is 7.45. The summed E-state index contributed by atoms with van der Waals surface area (Å²) >= 11 is 0. The van der Waals surface area contributed by atoms with Crippen LogP contribution in [-0.4, -0.2) is 16.7 Å². The molecule has 1 aromatic rings. The van der Waals surface area contributed by atoms with Crippen LogP contribution in [0.4, 0.5) is 0 Å². The van der Waals surface area contributed by atoms with Crippen molar-refractivity contribution in [3.05, 3.63) is 17.5 Å². The number of H-pyrrole nitrogens is 1. The van der Waals surface area contributed by atoms with E-state index in [0.29, 0.717) is 5.41 Å². The molecule has 0 bridgehead atoms. The molecule has 0 unspecified atom stereocenters. The second-order valence-electron chi connectivity index (χ2n) is 5.90. The Hall–Kier alpha value is -0.830. The van der Waals surface area contributed by atoms with E-state index in [1.807, 2.05) is 6.20 Å². The molecule has 0 saturated heterocycles. The molecule has 1 aromatic heterocycles. The number of nitrogens with zero attached hydrogens (tertiary/aromatic N) is 1. The van der Waals surface area contributed by atoms with Crippen LogP contribution in [0.3, 0.4) is 0 Å². The van der Waals surface area contributed by atoms with Crippen LogP contribution in [0.2, 0.25) is 0 Å². The van der Waals surface area contributed by atoms with Crippen LogP contribution in [0, 0.1) is 5.41 Å². The van der Waals surface area contributed by atoms with Crippen molar-refractivity contribution < 1.29 is 0 Å². The Kier molecular flexibility index (Phi) is 2.38. The van der Waals surface area contributed by atoms with Crippen LogP contribution < -0.4 is 5.73 Å². The highest BCUT2D eigenvalue weighted by Crippen LogP contribution is 2.48. The maximum atomic E-state index is 5.81. The third kappa shape index (κ3) is 2.07. The standard InChI is InChI=1S/C12H21N3/c1-11(2,3)10-9(7-14-15-10)6-12(8-13)4-5-12/h7H,4-6,8,13H2,1-3H3,(H,14,15). The predicted octanol–water partition coefficient (Wildman–Crippen LogP) is 1.99. The van der Waals surface area contributed by atoms with Crippen molar-refractivity contribution in [2.24, 2.45) is 11.1 Å². The highest BCUT2D eigenvalue weighted by Gasteiger charge is 2.42. The van der Waals surface area contributed by atoms with E-state index in [1.54, 1.807) is 0 Å². The lowest BCUT2D eigenvalue weighted by molar-refractivity contribution is 0.502. The largest absolute Gasteiger partial charge is 0.330 e. The Balaban J connectivity index is 2.19. The van der Waals surface area contributed by atoms with Crippen molar-refractivity contribution in [3.8, 4) is 0 Å². The Labute approximate surface area is 91.4 Å². The zero-order valence-corrected chi connectivity index (χ0v) is 9.93. The molecule has 3 nitrogen and oxygen atoms in total. The maximum absolute atomic E-state index is 5.81. The zero-order valence-electron chi connectivity index (χ0n) is 9.93. The molecule has 3 N–H and O–H groups in total. The topological polar surface area (TPSA) is 54.7 Å². The number of aromatic amines is 1. The van der Waals surface area contributed by atoms with Gasteiger partial charge in [-0.15, -0.1) is 0 Å². The molecule has 84 valence electrons. The molecule has 1 aliphatic rings. The quantitative estimate of drug-likeness (QED) is 0.796. The van der Waals surface area contributed by atoms with Crippen molar-refractivity contribution in [3.63, 3.8) is 0 Å². The van der Waals surface area contributed by atoms with E-state index in [4.69, 9.17) is 5.73 Å². The summed E-state index contributed by atoms with van der Waals surface area (Å²) in [5.74, 6) is 0. The average Bonchev–Trinajstić information content (AvgIpc) is 2.73. The minimum atomic E-state index is 0.149. The SMILES string of the molecule is CC(C)(C)c1[nH]ncc1CC1(CN)CC1. The first-order valence-electron chi connectivity index (χ1n) is 5.70. The van der Waals surface area contributed by atoms with Crippen LogP contribution in [-0.2, 0) is 11.8 Å². The lowest BCUT2D eigenvalue weighted by Gasteiger charge is -2.20. The van der Waals surface area contributed by atoms with Crippen molar-refractivity contribution in [2.45, 2.75) is 45.4 Å². The molecule has 3 heteroatoms. The Morgan fingerprint density at radius 2 is 2.13 bits per heavy atom. The van der Waals surface area contributed by atoms with Gasteiger partial charge >= 0.3 is 0 Å². The molecule has 0 radical (unpaired) electrons. The number of hydrogen-bond acceptors (Lipinski definition) is 2. The first-order valence-corrected chi connectivity index (χ1v) is 5.70.